The van der Waals surface area contributed by atoms with Gasteiger partial charge in [0, 0.05) is 19.6 Å². The molecule has 1 aromatic rings. The van der Waals surface area contributed by atoms with Crippen molar-refractivity contribution < 1.29 is 0 Å². The van der Waals surface area contributed by atoms with E-state index in [0.717, 1.165) is 19.6 Å². The molecule has 2 rings (SSSR count). The Morgan fingerprint density at radius 2 is 2.06 bits per heavy atom. The smallest absolute Gasteiger partial charge is 0.0595 e. The van der Waals surface area contributed by atoms with Crippen LogP contribution in [0.3, 0.4) is 0 Å². The third-order valence-electron chi connectivity index (χ3n) is 3.15. The number of nitrogens with zero attached hydrogens (tertiary/aromatic N) is 1. The number of halogens is 2. The molecule has 4 heteroatoms. The molecular formula is C12H16Cl2N2. The minimum atomic E-state index is -0.0404. The standard InChI is InChI=1S/C12H16Cl2N2/c1-12(8-16(2)6-5-15-12)9-3-4-10(13)11(14)7-9/h3-4,7,15H,5-6,8H2,1-2H3. The molecule has 0 spiro atoms. The lowest BCUT2D eigenvalue weighted by molar-refractivity contribution is 0.171. The van der Waals surface area contributed by atoms with Gasteiger partial charge in [-0.25, -0.2) is 0 Å². The van der Waals surface area contributed by atoms with Crippen LogP contribution in [0.4, 0.5) is 0 Å². The summed E-state index contributed by atoms with van der Waals surface area (Å²) in [4.78, 5) is 2.32. The van der Waals surface area contributed by atoms with Crippen molar-refractivity contribution in [2.75, 3.05) is 26.7 Å². The van der Waals surface area contributed by atoms with Crippen molar-refractivity contribution in [1.82, 2.24) is 10.2 Å². The van der Waals surface area contributed by atoms with Gasteiger partial charge in [0.1, 0.15) is 0 Å². The molecule has 2 nitrogen and oxygen atoms in total. The summed E-state index contributed by atoms with van der Waals surface area (Å²) in [6, 6.07) is 5.86. The summed E-state index contributed by atoms with van der Waals surface area (Å²) in [5, 5.41) is 4.78. The van der Waals surface area contributed by atoms with Gasteiger partial charge in [0.05, 0.1) is 15.6 Å². The Morgan fingerprint density at radius 3 is 2.69 bits per heavy atom. The lowest BCUT2D eigenvalue weighted by Crippen LogP contribution is -2.55. The largest absolute Gasteiger partial charge is 0.305 e. The van der Waals surface area contributed by atoms with Crippen molar-refractivity contribution in [3.8, 4) is 0 Å². The fourth-order valence-corrected chi connectivity index (χ4v) is 2.53. The van der Waals surface area contributed by atoms with Crippen LogP contribution in [0.15, 0.2) is 18.2 Å². The molecule has 1 N–H and O–H groups in total. The van der Waals surface area contributed by atoms with Gasteiger partial charge in [0.15, 0.2) is 0 Å². The average molecular weight is 259 g/mol. The summed E-state index contributed by atoms with van der Waals surface area (Å²) in [6.45, 7) is 5.25. The summed E-state index contributed by atoms with van der Waals surface area (Å²) in [5.41, 5.74) is 1.15. The van der Waals surface area contributed by atoms with Crippen LogP contribution in [0.2, 0.25) is 10.0 Å². The number of nitrogens with one attached hydrogen (secondary N) is 1. The number of likely N-dealkylation sites (N-methyl/N-ethyl adjacent to an activating group) is 1. The molecule has 0 saturated carbocycles. The quantitative estimate of drug-likeness (QED) is 0.834. The van der Waals surface area contributed by atoms with E-state index < -0.39 is 0 Å². The van der Waals surface area contributed by atoms with Gasteiger partial charge in [-0.3, -0.25) is 0 Å². The highest BCUT2D eigenvalue weighted by molar-refractivity contribution is 6.42. The SMILES string of the molecule is CN1CCNC(C)(c2ccc(Cl)c(Cl)c2)C1. The normalized spacial score (nSPS) is 27.0. The van der Waals surface area contributed by atoms with Crippen LogP contribution in [-0.2, 0) is 5.54 Å². The van der Waals surface area contributed by atoms with E-state index in [1.54, 1.807) is 0 Å². The predicted molar refractivity (Wildman–Crippen MR) is 69.3 cm³/mol. The molecule has 1 saturated heterocycles. The van der Waals surface area contributed by atoms with Crippen LogP contribution in [-0.4, -0.2) is 31.6 Å². The molecule has 1 atom stereocenters. The molecule has 0 bridgehead atoms. The summed E-state index contributed by atoms with van der Waals surface area (Å²) >= 11 is 12.0. The second-order valence-corrected chi connectivity index (χ2v) is 5.44. The first-order chi connectivity index (χ1) is 7.51. The Kier molecular flexibility index (Phi) is 3.45. The molecule has 1 fully saturated rings. The van der Waals surface area contributed by atoms with Crippen LogP contribution < -0.4 is 5.32 Å². The lowest BCUT2D eigenvalue weighted by atomic mass is 9.90. The van der Waals surface area contributed by atoms with Gasteiger partial charge in [0.25, 0.3) is 0 Å². The summed E-state index contributed by atoms with van der Waals surface area (Å²) < 4.78 is 0. The van der Waals surface area contributed by atoms with E-state index in [2.05, 4.69) is 24.2 Å². The molecule has 1 aromatic carbocycles. The predicted octanol–water partition coefficient (Wildman–Crippen LogP) is 2.74. The summed E-state index contributed by atoms with van der Waals surface area (Å²) in [5.74, 6) is 0. The van der Waals surface area contributed by atoms with E-state index in [4.69, 9.17) is 23.2 Å². The minimum Gasteiger partial charge on any atom is -0.305 e. The Hall–Kier alpha value is -0.280. The van der Waals surface area contributed by atoms with Gasteiger partial charge in [-0.05, 0) is 31.7 Å². The zero-order valence-corrected chi connectivity index (χ0v) is 11.1. The maximum absolute atomic E-state index is 6.06. The monoisotopic (exact) mass is 258 g/mol. The van der Waals surface area contributed by atoms with Crippen LogP contribution in [0.1, 0.15) is 12.5 Å². The van der Waals surface area contributed by atoms with Crippen LogP contribution >= 0.6 is 23.2 Å². The van der Waals surface area contributed by atoms with Crippen molar-refractivity contribution in [2.45, 2.75) is 12.5 Å². The van der Waals surface area contributed by atoms with E-state index in [0.29, 0.717) is 10.0 Å². The maximum Gasteiger partial charge on any atom is 0.0595 e. The number of rotatable bonds is 1. The molecule has 0 amide bonds. The number of piperazine rings is 1. The highest BCUT2D eigenvalue weighted by Crippen LogP contribution is 2.30. The van der Waals surface area contributed by atoms with Crippen molar-refractivity contribution in [3.63, 3.8) is 0 Å². The van der Waals surface area contributed by atoms with Crippen LogP contribution in [0.25, 0.3) is 0 Å². The van der Waals surface area contributed by atoms with Gasteiger partial charge in [-0.2, -0.15) is 0 Å². The fourth-order valence-electron chi connectivity index (χ4n) is 2.23. The van der Waals surface area contributed by atoms with Crippen molar-refractivity contribution in [2.24, 2.45) is 0 Å². The van der Waals surface area contributed by atoms with E-state index in [1.807, 2.05) is 18.2 Å². The molecule has 0 aliphatic carbocycles. The van der Waals surface area contributed by atoms with Crippen molar-refractivity contribution in [1.29, 1.82) is 0 Å². The highest BCUT2D eigenvalue weighted by atomic mass is 35.5. The van der Waals surface area contributed by atoms with Gasteiger partial charge in [-0.15, -0.1) is 0 Å². The Balaban J connectivity index is 2.31. The Morgan fingerprint density at radius 1 is 1.31 bits per heavy atom. The Bertz CT molecular complexity index is 395. The molecule has 1 heterocycles. The average Bonchev–Trinajstić information content (AvgIpc) is 2.21. The second-order valence-electron chi connectivity index (χ2n) is 4.63. The van der Waals surface area contributed by atoms with Gasteiger partial charge >= 0.3 is 0 Å². The number of hydrogen-bond donors (Lipinski definition) is 1. The third kappa shape index (κ3) is 2.35. The summed E-state index contributed by atoms with van der Waals surface area (Å²) in [6.07, 6.45) is 0. The fraction of sp³-hybridized carbons (Fsp3) is 0.500. The number of hydrogen-bond acceptors (Lipinski definition) is 2. The van der Waals surface area contributed by atoms with E-state index in [1.165, 1.54) is 5.56 Å². The second kappa shape index (κ2) is 4.53. The highest BCUT2D eigenvalue weighted by Gasteiger charge is 2.30. The van der Waals surface area contributed by atoms with E-state index >= 15 is 0 Å². The third-order valence-corrected chi connectivity index (χ3v) is 3.89. The topological polar surface area (TPSA) is 15.3 Å². The number of benzene rings is 1. The van der Waals surface area contributed by atoms with E-state index in [-0.39, 0.29) is 5.54 Å². The first-order valence-electron chi connectivity index (χ1n) is 5.40. The lowest BCUT2D eigenvalue weighted by Gasteiger charge is -2.40. The molecule has 0 radical (unpaired) electrons. The van der Waals surface area contributed by atoms with Crippen LogP contribution in [0, 0.1) is 0 Å². The molecule has 1 aliphatic rings. The molecular weight excluding hydrogens is 243 g/mol. The van der Waals surface area contributed by atoms with Gasteiger partial charge in [-0.1, -0.05) is 29.3 Å². The minimum absolute atomic E-state index is 0.0404. The zero-order chi connectivity index (χ0) is 11.8. The first-order valence-corrected chi connectivity index (χ1v) is 6.16. The molecule has 1 unspecified atom stereocenters. The summed E-state index contributed by atoms with van der Waals surface area (Å²) in [7, 11) is 2.14. The maximum atomic E-state index is 6.06. The Labute approximate surface area is 107 Å². The van der Waals surface area contributed by atoms with Crippen molar-refractivity contribution in [3.05, 3.63) is 33.8 Å². The molecule has 16 heavy (non-hydrogen) atoms. The zero-order valence-electron chi connectivity index (χ0n) is 9.56. The van der Waals surface area contributed by atoms with Gasteiger partial charge < -0.3 is 10.2 Å². The van der Waals surface area contributed by atoms with E-state index in [9.17, 15) is 0 Å². The molecule has 88 valence electrons. The van der Waals surface area contributed by atoms with Crippen molar-refractivity contribution >= 4 is 23.2 Å². The molecule has 1 aliphatic heterocycles. The van der Waals surface area contributed by atoms with Crippen LogP contribution in [0.5, 0.6) is 0 Å². The van der Waals surface area contributed by atoms with Gasteiger partial charge in [0.2, 0.25) is 0 Å². The molecule has 0 aromatic heterocycles. The first kappa shape index (κ1) is 12.2.